The van der Waals surface area contributed by atoms with Crippen molar-refractivity contribution in [1.29, 1.82) is 0 Å². The second-order valence-corrected chi connectivity index (χ2v) is 5.03. The van der Waals surface area contributed by atoms with E-state index < -0.39 is 10.6 Å². The second-order valence-electron chi connectivity index (χ2n) is 3.25. The third-order valence-electron chi connectivity index (χ3n) is 1.94. The fourth-order valence-corrected chi connectivity index (χ4v) is 2.58. The number of nitro groups is 1. The lowest BCUT2D eigenvalue weighted by Gasteiger charge is -2.02. The van der Waals surface area contributed by atoms with Crippen LogP contribution < -0.4 is 0 Å². The van der Waals surface area contributed by atoms with Crippen LogP contribution >= 0.6 is 35.0 Å². The van der Waals surface area contributed by atoms with Gasteiger partial charge in [-0.3, -0.25) is 10.1 Å². The third-order valence-corrected chi connectivity index (χ3v) is 3.40. The molecule has 0 radical (unpaired) electrons. The highest BCUT2D eigenvalue weighted by atomic mass is 35.5. The Bertz CT molecular complexity index is 394. The zero-order chi connectivity index (χ0) is 12.8. The summed E-state index contributed by atoms with van der Waals surface area (Å²) in [5, 5.41) is 10.5. The SMILES string of the molecule is CCCCCSc1nc(Cl)c([N+](=O)[O-])c(Cl)n1. The fraction of sp³-hybridized carbons (Fsp3) is 0.556. The summed E-state index contributed by atoms with van der Waals surface area (Å²) in [4.78, 5) is 17.6. The molecule has 5 nitrogen and oxygen atoms in total. The van der Waals surface area contributed by atoms with E-state index >= 15 is 0 Å². The van der Waals surface area contributed by atoms with Gasteiger partial charge in [-0.2, -0.15) is 0 Å². The molecule has 1 rings (SSSR count). The highest BCUT2D eigenvalue weighted by Crippen LogP contribution is 2.31. The highest BCUT2D eigenvalue weighted by Gasteiger charge is 2.22. The molecule has 0 saturated heterocycles. The molecule has 8 heteroatoms. The molecular weight excluding hydrogens is 285 g/mol. The van der Waals surface area contributed by atoms with E-state index in [-0.39, 0.29) is 10.3 Å². The largest absolute Gasteiger partial charge is 0.343 e. The molecular formula is C9H11Cl2N3O2S. The van der Waals surface area contributed by atoms with Crippen molar-refractivity contribution in [3.63, 3.8) is 0 Å². The molecule has 17 heavy (non-hydrogen) atoms. The van der Waals surface area contributed by atoms with Gasteiger partial charge in [-0.1, -0.05) is 54.7 Å². The van der Waals surface area contributed by atoms with Crippen LogP contribution in [0.2, 0.25) is 10.3 Å². The van der Waals surface area contributed by atoms with Crippen molar-refractivity contribution in [3.05, 3.63) is 20.4 Å². The van der Waals surface area contributed by atoms with Gasteiger partial charge in [0.1, 0.15) is 0 Å². The van der Waals surface area contributed by atoms with Crippen LogP contribution in [0.25, 0.3) is 0 Å². The number of unbranched alkanes of at least 4 members (excludes halogenated alkanes) is 2. The molecule has 0 saturated carbocycles. The normalized spacial score (nSPS) is 10.5. The summed E-state index contributed by atoms with van der Waals surface area (Å²) in [6.07, 6.45) is 3.29. The van der Waals surface area contributed by atoms with Gasteiger partial charge < -0.3 is 0 Å². The Hall–Kier alpha value is -0.590. The smallest absolute Gasteiger partial charge is 0.258 e. The predicted molar refractivity (Wildman–Crippen MR) is 69.0 cm³/mol. The molecule has 0 fully saturated rings. The van der Waals surface area contributed by atoms with Crippen LogP contribution in [0.3, 0.4) is 0 Å². The first-order chi connectivity index (χ1) is 8.06. The van der Waals surface area contributed by atoms with Gasteiger partial charge in [-0.05, 0) is 6.42 Å². The number of hydrogen-bond donors (Lipinski definition) is 0. The van der Waals surface area contributed by atoms with Gasteiger partial charge in [0.25, 0.3) is 0 Å². The molecule has 1 heterocycles. The van der Waals surface area contributed by atoms with E-state index in [0.717, 1.165) is 25.0 Å². The molecule has 0 aliphatic carbocycles. The summed E-state index contributed by atoms with van der Waals surface area (Å²) in [5.74, 6) is 0.846. The van der Waals surface area contributed by atoms with E-state index in [1.807, 2.05) is 0 Å². The van der Waals surface area contributed by atoms with Crippen LogP contribution in [0, 0.1) is 10.1 Å². The Kier molecular flexibility index (Phi) is 5.94. The molecule has 1 aromatic rings. The monoisotopic (exact) mass is 295 g/mol. The Morgan fingerprint density at radius 2 is 1.88 bits per heavy atom. The fourth-order valence-electron chi connectivity index (χ4n) is 1.11. The average Bonchev–Trinajstić information content (AvgIpc) is 2.23. The molecule has 0 aliphatic heterocycles. The van der Waals surface area contributed by atoms with Crippen molar-refractivity contribution in [1.82, 2.24) is 9.97 Å². The van der Waals surface area contributed by atoms with Crippen LogP contribution in [-0.4, -0.2) is 20.6 Å². The lowest BCUT2D eigenvalue weighted by molar-refractivity contribution is -0.385. The number of halogens is 2. The Balaban J connectivity index is 2.73. The summed E-state index contributed by atoms with van der Waals surface area (Å²) in [6.45, 7) is 2.11. The maximum atomic E-state index is 10.6. The molecule has 0 unspecified atom stereocenters. The van der Waals surface area contributed by atoms with Crippen LogP contribution in [0.15, 0.2) is 5.16 Å². The zero-order valence-corrected chi connectivity index (χ0v) is 11.5. The van der Waals surface area contributed by atoms with Gasteiger partial charge in [-0.25, -0.2) is 9.97 Å². The number of hydrogen-bond acceptors (Lipinski definition) is 5. The van der Waals surface area contributed by atoms with Gasteiger partial charge >= 0.3 is 5.69 Å². The van der Waals surface area contributed by atoms with Gasteiger partial charge in [-0.15, -0.1) is 0 Å². The molecule has 0 atom stereocenters. The lowest BCUT2D eigenvalue weighted by atomic mass is 10.3. The van der Waals surface area contributed by atoms with Crippen LogP contribution in [-0.2, 0) is 0 Å². The molecule has 0 spiro atoms. The van der Waals surface area contributed by atoms with E-state index in [0.29, 0.717) is 5.16 Å². The summed E-state index contributed by atoms with van der Waals surface area (Å²) in [7, 11) is 0. The number of nitrogens with zero attached hydrogens (tertiary/aromatic N) is 3. The van der Waals surface area contributed by atoms with Gasteiger partial charge in [0.15, 0.2) is 5.16 Å². The van der Waals surface area contributed by atoms with Crippen molar-refractivity contribution >= 4 is 40.7 Å². The van der Waals surface area contributed by atoms with E-state index in [9.17, 15) is 10.1 Å². The van der Waals surface area contributed by atoms with E-state index in [4.69, 9.17) is 23.2 Å². The molecule has 0 aliphatic rings. The van der Waals surface area contributed by atoms with Crippen molar-refractivity contribution in [2.45, 2.75) is 31.3 Å². The number of rotatable bonds is 6. The van der Waals surface area contributed by atoms with Gasteiger partial charge in [0.2, 0.25) is 10.3 Å². The predicted octanol–water partition coefficient (Wildman–Crippen LogP) is 3.97. The average molecular weight is 296 g/mol. The van der Waals surface area contributed by atoms with Crippen LogP contribution in [0.1, 0.15) is 26.2 Å². The van der Waals surface area contributed by atoms with Crippen molar-refractivity contribution in [2.75, 3.05) is 5.75 Å². The Labute approximate surface area is 113 Å². The van der Waals surface area contributed by atoms with E-state index in [1.54, 1.807) is 0 Å². The van der Waals surface area contributed by atoms with Crippen LogP contribution in [0.5, 0.6) is 0 Å². The summed E-state index contributed by atoms with van der Waals surface area (Å²) in [6, 6.07) is 0. The molecule has 94 valence electrons. The minimum Gasteiger partial charge on any atom is -0.258 e. The van der Waals surface area contributed by atoms with Crippen LogP contribution in [0.4, 0.5) is 5.69 Å². The lowest BCUT2D eigenvalue weighted by Crippen LogP contribution is -1.97. The van der Waals surface area contributed by atoms with Crippen molar-refractivity contribution < 1.29 is 4.92 Å². The van der Waals surface area contributed by atoms with E-state index in [2.05, 4.69) is 16.9 Å². The van der Waals surface area contributed by atoms with E-state index in [1.165, 1.54) is 11.8 Å². The quantitative estimate of drug-likeness (QED) is 0.198. The Morgan fingerprint density at radius 1 is 1.29 bits per heavy atom. The Morgan fingerprint density at radius 3 is 2.35 bits per heavy atom. The maximum absolute atomic E-state index is 10.6. The first-order valence-corrected chi connectivity index (χ1v) is 6.80. The summed E-state index contributed by atoms with van der Waals surface area (Å²) < 4.78 is 0. The minimum absolute atomic E-state index is 0.215. The first-order valence-electron chi connectivity index (χ1n) is 5.06. The summed E-state index contributed by atoms with van der Waals surface area (Å²) >= 11 is 12.8. The topological polar surface area (TPSA) is 68.9 Å². The molecule has 0 aromatic carbocycles. The zero-order valence-electron chi connectivity index (χ0n) is 9.15. The molecule has 0 N–H and O–H groups in total. The minimum atomic E-state index is -0.684. The standard InChI is InChI=1S/C9H11Cl2N3O2S/c1-2-3-4-5-17-9-12-7(10)6(14(15)16)8(11)13-9/h2-5H2,1H3. The number of thioether (sulfide) groups is 1. The van der Waals surface area contributed by atoms with Gasteiger partial charge in [0.05, 0.1) is 4.92 Å². The number of aromatic nitrogens is 2. The third kappa shape index (κ3) is 4.29. The highest BCUT2D eigenvalue weighted by molar-refractivity contribution is 7.99. The van der Waals surface area contributed by atoms with Gasteiger partial charge in [0, 0.05) is 5.75 Å². The summed E-state index contributed by atoms with van der Waals surface area (Å²) in [5.41, 5.74) is -0.439. The maximum Gasteiger partial charge on any atom is 0.343 e. The van der Waals surface area contributed by atoms with Crippen molar-refractivity contribution in [2.24, 2.45) is 0 Å². The molecule has 0 bridgehead atoms. The molecule has 1 aromatic heterocycles. The first kappa shape index (κ1) is 14.5. The van der Waals surface area contributed by atoms with Crippen molar-refractivity contribution in [3.8, 4) is 0 Å². The molecule has 0 amide bonds. The second kappa shape index (κ2) is 6.98.